The fourth-order valence-corrected chi connectivity index (χ4v) is 2.66. The zero-order chi connectivity index (χ0) is 15.9. The van der Waals surface area contributed by atoms with Crippen molar-refractivity contribution >= 4 is 17.4 Å². The predicted octanol–water partition coefficient (Wildman–Crippen LogP) is 3.58. The summed E-state index contributed by atoms with van der Waals surface area (Å²) in [6.07, 6.45) is 0. The van der Waals surface area contributed by atoms with E-state index in [2.05, 4.69) is 0 Å². The number of ketones is 1. The van der Waals surface area contributed by atoms with Crippen molar-refractivity contribution in [2.24, 2.45) is 0 Å². The zero-order valence-corrected chi connectivity index (χ0v) is 13.3. The summed E-state index contributed by atoms with van der Waals surface area (Å²) in [5, 5.41) is 9.92. The van der Waals surface area contributed by atoms with Gasteiger partial charge in [-0.15, -0.1) is 0 Å². The SMILES string of the molecule is CCN(CCO)C(C(=O)c1ccccc1)c1ccc(Cl)cc1. The molecule has 0 saturated heterocycles. The second-order valence-electron chi connectivity index (χ2n) is 5.04. The monoisotopic (exact) mass is 317 g/mol. The van der Waals surface area contributed by atoms with Crippen LogP contribution in [0.4, 0.5) is 0 Å². The molecule has 2 rings (SSSR count). The lowest BCUT2D eigenvalue weighted by Crippen LogP contribution is -2.36. The fraction of sp³-hybridized carbons (Fsp3) is 0.278. The summed E-state index contributed by atoms with van der Waals surface area (Å²) in [6, 6.07) is 16.1. The van der Waals surface area contributed by atoms with Crippen molar-refractivity contribution in [2.75, 3.05) is 19.7 Å². The summed E-state index contributed by atoms with van der Waals surface area (Å²) in [6.45, 7) is 3.12. The molecule has 1 unspecified atom stereocenters. The van der Waals surface area contributed by atoms with Gasteiger partial charge in [-0.25, -0.2) is 0 Å². The normalized spacial score (nSPS) is 12.4. The van der Waals surface area contributed by atoms with Gasteiger partial charge in [0.1, 0.15) is 0 Å². The van der Waals surface area contributed by atoms with E-state index in [1.165, 1.54) is 0 Å². The molecule has 0 heterocycles. The quantitative estimate of drug-likeness (QED) is 0.794. The number of Topliss-reactive ketones (excluding diaryl/α,β-unsaturated/α-hetero) is 1. The Balaban J connectivity index is 2.40. The molecule has 0 spiro atoms. The molecule has 0 fully saturated rings. The molecule has 0 radical (unpaired) electrons. The van der Waals surface area contributed by atoms with Gasteiger partial charge in [0, 0.05) is 17.1 Å². The number of carbonyl (C=O) groups is 1. The minimum atomic E-state index is -0.420. The Morgan fingerprint density at radius 1 is 1.14 bits per heavy atom. The van der Waals surface area contributed by atoms with Crippen molar-refractivity contribution in [3.8, 4) is 0 Å². The third-order valence-electron chi connectivity index (χ3n) is 3.65. The second-order valence-corrected chi connectivity index (χ2v) is 5.47. The number of nitrogens with zero attached hydrogens (tertiary/aromatic N) is 1. The lowest BCUT2D eigenvalue weighted by molar-refractivity contribution is 0.0793. The predicted molar refractivity (Wildman–Crippen MR) is 89.3 cm³/mol. The number of halogens is 1. The number of hydrogen-bond donors (Lipinski definition) is 1. The van der Waals surface area contributed by atoms with Crippen LogP contribution >= 0.6 is 11.6 Å². The lowest BCUT2D eigenvalue weighted by Gasteiger charge is -2.29. The number of aliphatic hydroxyl groups is 1. The first-order valence-electron chi connectivity index (χ1n) is 7.37. The molecular weight excluding hydrogens is 298 g/mol. The highest BCUT2D eigenvalue weighted by atomic mass is 35.5. The van der Waals surface area contributed by atoms with Gasteiger partial charge in [-0.1, -0.05) is 61.0 Å². The highest BCUT2D eigenvalue weighted by Crippen LogP contribution is 2.26. The molecule has 0 aromatic heterocycles. The van der Waals surface area contributed by atoms with Gasteiger partial charge >= 0.3 is 0 Å². The van der Waals surface area contributed by atoms with Crippen molar-refractivity contribution in [2.45, 2.75) is 13.0 Å². The van der Waals surface area contributed by atoms with Gasteiger partial charge < -0.3 is 5.11 Å². The summed E-state index contributed by atoms with van der Waals surface area (Å²) < 4.78 is 0. The van der Waals surface area contributed by atoms with E-state index in [0.29, 0.717) is 23.7 Å². The van der Waals surface area contributed by atoms with E-state index in [9.17, 15) is 9.90 Å². The molecule has 2 aromatic rings. The van der Waals surface area contributed by atoms with E-state index >= 15 is 0 Å². The van der Waals surface area contributed by atoms with E-state index in [4.69, 9.17) is 11.6 Å². The molecule has 0 aliphatic carbocycles. The minimum Gasteiger partial charge on any atom is -0.395 e. The Kier molecular flexibility index (Phi) is 6.13. The van der Waals surface area contributed by atoms with Crippen LogP contribution in [0.25, 0.3) is 0 Å². The summed E-state index contributed by atoms with van der Waals surface area (Å²) in [5.41, 5.74) is 1.55. The molecule has 0 saturated carbocycles. The van der Waals surface area contributed by atoms with Gasteiger partial charge in [0.2, 0.25) is 0 Å². The highest BCUT2D eigenvalue weighted by Gasteiger charge is 2.27. The molecular formula is C18H20ClNO2. The molecule has 0 aliphatic rings. The molecule has 4 heteroatoms. The minimum absolute atomic E-state index is 0.0139. The van der Waals surface area contributed by atoms with Crippen LogP contribution < -0.4 is 0 Å². The van der Waals surface area contributed by atoms with Crippen LogP contribution in [0.15, 0.2) is 54.6 Å². The maximum atomic E-state index is 12.9. The highest BCUT2D eigenvalue weighted by molar-refractivity contribution is 6.30. The first kappa shape index (κ1) is 16.7. The Morgan fingerprint density at radius 3 is 2.32 bits per heavy atom. The Morgan fingerprint density at radius 2 is 1.77 bits per heavy atom. The van der Waals surface area contributed by atoms with Crippen LogP contribution in [-0.4, -0.2) is 35.5 Å². The third kappa shape index (κ3) is 3.95. The summed E-state index contributed by atoms with van der Waals surface area (Å²) >= 11 is 5.95. The van der Waals surface area contributed by atoms with Gasteiger partial charge in [0.05, 0.1) is 12.6 Å². The van der Waals surface area contributed by atoms with Crippen molar-refractivity contribution in [1.82, 2.24) is 4.90 Å². The fourth-order valence-electron chi connectivity index (χ4n) is 2.53. The Labute approximate surface area is 136 Å². The first-order chi connectivity index (χ1) is 10.7. The van der Waals surface area contributed by atoms with Crippen LogP contribution in [0.3, 0.4) is 0 Å². The largest absolute Gasteiger partial charge is 0.395 e. The lowest BCUT2D eigenvalue weighted by atomic mass is 9.96. The number of aliphatic hydroxyl groups excluding tert-OH is 1. The van der Waals surface area contributed by atoms with E-state index in [0.717, 1.165) is 5.56 Å². The number of carbonyl (C=O) groups excluding carboxylic acids is 1. The standard InChI is InChI=1S/C18H20ClNO2/c1-2-20(12-13-21)17(14-8-10-16(19)11-9-14)18(22)15-6-4-3-5-7-15/h3-11,17,21H,2,12-13H2,1H3. The van der Waals surface area contributed by atoms with Crippen molar-refractivity contribution in [3.63, 3.8) is 0 Å². The van der Waals surface area contributed by atoms with Gasteiger partial charge in [0.25, 0.3) is 0 Å². The van der Waals surface area contributed by atoms with Crippen LogP contribution in [0.2, 0.25) is 5.02 Å². The molecule has 0 bridgehead atoms. The first-order valence-corrected chi connectivity index (χ1v) is 7.74. The average molecular weight is 318 g/mol. The van der Waals surface area contributed by atoms with Crippen LogP contribution in [0.5, 0.6) is 0 Å². The molecule has 0 aliphatic heterocycles. The molecule has 2 aromatic carbocycles. The van der Waals surface area contributed by atoms with Crippen LogP contribution in [0.1, 0.15) is 28.9 Å². The molecule has 1 atom stereocenters. The van der Waals surface area contributed by atoms with E-state index < -0.39 is 6.04 Å². The number of likely N-dealkylation sites (N-methyl/N-ethyl adjacent to an activating group) is 1. The van der Waals surface area contributed by atoms with Crippen molar-refractivity contribution < 1.29 is 9.90 Å². The van der Waals surface area contributed by atoms with E-state index in [-0.39, 0.29) is 12.4 Å². The molecule has 22 heavy (non-hydrogen) atoms. The topological polar surface area (TPSA) is 40.5 Å². The number of rotatable bonds is 7. The number of benzene rings is 2. The van der Waals surface area contributed by atoms with Crippen LogP contribution in [-0.2, 0) is 0 Å². The smallest absolute Gasteiger partial charge is 0.184 e. The molecule has 1 N–H and O–H groups in total. The maximum Gasteiger partial charge on any atom is 0.184 e. The van der Waals surface area contributed by atoms with Crippen molar-refractivity contribution in [1.29, 1.82) is 0 Å². The van der Waals surface area contributed by atoms with Gasteiger partial charge in [0.15, 0.2) is 5.78 Å². The molecule has 3 nitrogen and oxygen atoms in total. The summed E-state index contributed by atoms with van der Waals surface area (Å²) in [5.74, 6) is 0.0261. The van der Waals surface area contributed by atoms with E-state index in [1.807, 2.05) is 54.3 Å². The second kappa shape index (κ2) is 8.08. The van der Waals surface area contributed by atoms with Crippen LogP contribution in [0, 0.1) is 0 Å². The summed E-state index contributed by atoms with van der Waals surface area (Å²) in [4.78, 5) is 14.9. The van der Waals surface area contributed by atoms with Gasteiger partial charge in [-0.2, -0.15) is 0 Å². The van der Waals surface area contributed by atoms with Gasteiger partial charge in [-0.3, -0.25) is 9.69 Å². The van der Waals surface area contributed by atoms with Crippen molar-refractivity contribution in [3.05, 3.63) is 70.7 Å². The maximum absolute atomic E-state index is 12.9. The summed E-state index contributed by atoms with van der Waals surface area (Å²) in [7, 11) is 0. The average Bonchev–Trinajstić information content (AvgIpc) is 2.56. The molecule has 0 amide bonds. The Hall–Kier alpha value is -1.68. The zero-order valence-electron chi connectivity index (χ0n) is 12.6. The molecule has 116 valence electrons. The van der Waals surface area contributed by atoms with Gasteiger partial charge in [-0.05, 0) is 24.2 Å². The third-order valence-corrected chi connectivity index (χ3v) is 3.90. The Bertz CT molecular complexity index is 598. The number of hydrogen-bond acceptors (Lipinski definition) is 3. The van der Waals surface area contributed by atoms with E-state index in [1.54, 1.807) is 12.1 Å².